The molecule has 0 aliphatic carbocycles. The molecule has 5 heteroatoms. The van der Waals surface area contributed by atoms with Crippen LogP contribution in [0, 0.1) is 6.92 Å². The molecule has 1 aromatic carbocycles. The van der Waals surface area contributed by atoms with Gasteiger partial charge in [0.25, 0.3) is 0 Å². The van der Waals surface area contributed by atoms with Gasteiger partial charge in [-0.25, -0.2) is 4.79 Å². The zero-order valence-corrected chi connectivity index (χ0v) is 11.2. The van der Waals surface area contributed by atoms with Gasteiger partial charge in [-0.3, -0.25) is 4.79 Å². The van der Waals surface area contributed by atoms with Crippen molar-refractivity contribution in [1.82, 2.24) is 0 Å². The Balaban J connectivity index is 2.03. The van der Waals surface area contributed by atoms with E-state index in [0.717, 1.165) is 6.29 Å². The summed E-state index contributed by atoms with van der Waals surface area (Å²) in [6.45, 7) is 1.95. The number of methoxy groups -OCH3 is 1. The molecule has 1 aromatic heterocycles. The van der Waals surface area contributed by atoms with E-state index < -0.39 is 5.97 Å². The van der Waals surface area contributed by atoms with Gasteiger partial charge in [0.15, 0.2) is 0 Å². The molecular formula is C15H14O5. The molecule has 0 fully saturated rings. The van der Waals surface area contributed by atoms with Crippen molar-refractivity contribution in [2.45, 2.75) is 13.5 Å². The quantitative estimate of drug-likeness (QED) is 0.619. The molecule has 0 aliphatic rings. The van der Waals surface area contributed by atoms with Crippen molar-refractivity contribution in [3.63, 3.8) is 0 Å². The zero-order chi connectivity index (χ0) is 14.5. The molecule has 0 radical (unpaired) electrons. The second-order valence-corrected chi connectivity index (χ2v) is 4.19. The van der Waals surface area contributed by atoms with Gasteiger partial charge < -0.3 is 13.9 Å². The molecule has 104 valence electrons. The zero-order valence-electron chi connectivity index (χ0n) is 11.2. The highest BCUT2D eigenvalue weighted by Crippen LogP contribution is 2.18. The van der Waals surface area contributed by atoms with Gasteiger partial charge in [-0.05, 0) is 37.3 Å². The van der Waals surface area contributed by atoms with Crippen molar-refractivity contribution in [2.75, 3.05) is 7.11 Å². The topological polar surface area (TPSA) is 65.7 Å². The van der Waals surface area contributed by atoms with Crippen LogP contribution in [0.1, 0.15) is 32.2 Å². The van der Waals surface area contributed by atoms with Crippen LogP contribution in [0.4, 0.5) is 0 Å². The van der Waals surface area contributed by atoms with Crippen molar-refractivity contribution in [3.8, 4) is 5.75 Å². The second-order valence-electron chi connectivity index (χ2n) is 4.19. The van der Waals surface area contributed by atoms with Crippen LogP contribution in [-0.4, -0.2) is 19.4 Å². The number of carbonyl (C=O) groups is 2. The summed E-state index contributed by atoms with van der Waals surface area (Å²) < 4.78 is 15.5. The van der Waals surface area contributed by atoms with Gasteiger partial charge >= 0.3 is 5.97 Å². The first-order valence-corrected chi connectivity index (χ1v) is 5.99. The summed E-state index contributed by atoms with van der Waals surface area (Å²) in [5.41, 5.74) is 1.28. The van der Waals surface area contributed by atoms with Crippen LogP contribution in [0.5, 0.6) is 5.75 Å². The Morgan fingerprint density at radius 2 is 2.00 bits per heavy atom. The molecular weight excluding hydrogens is 260 g/mol. The number of aldehydes is 1. The lowest BCUT2D eigenvalue weighted by molar-refractivity contribution is 0.0559. The molecule has 0 aliphatic heterocycles. The lowest BCUT2D eigenvalue weighted by Gasteiger charge is -2.03. The fourth-order valence-electron chi connectivity index (χ4n) is 1.71. The van der Waals surface area contributed by atoms with E-state index in [9.17, 15) is 9.59 Å². The summed E-state index contributed by atoms with van der Waals surface area (Å²) in [7, 11) is 1.30. The number of rotatable bonds is 5. The number of hydrogen-bond acceptors (Lipinski definition) is 5. The van der Waals surface area contributed by atoms with Crippen LogP contribution in [0.3, 0.4) is 0 Å². The Kier molecular flexibility index (Phi) is 4.20. The smallest absolute Gasteiger partial charge is 0.374 e. The number of hydrogen-bond donors (Lipinski definition) is 0. The largest absolute Gasteiger partial charge is 0.486 e. The maximum Gasteiger partial charge on any atom is 0.374 e. The summed E-state index contributed by atoms with van der Waals surface area (Å²) in [6, 6.07) is 8.44. The van der Waals surface area contributed by atoms with Crippen molar-refractivity contribution >= 4 is 12.3 Å². The van der Waals surface area contributed by atoms with E-state index in [1.807, 2.05) is 0 Å². The third-order valence-electron chi connectivity index (χ3n) is 2.74. The SMILES string of the molecule is COC(=O)c1oc(COc2ccc(C=O)cc2)cc1C. The lowest BCUT2D eigenvalue weighted by Crippen LogP contribution is -2.00. The average Bonchev–Trinajstić information content (AvgIpc) is 2.86. The summed E-state index contributed by atoms with van der Waals surface area (Å²) >= 11 is 0. The van der Waals surface area contributed by atoms with Crippen molar-refractivity contribution in [1.29, 1.82) is 0 Å². The molecule has 0 saturated heterocycles. The second kappa shape index (κ2) is 6.06. The van der Waals surface area contributed by atoms with Crippen molar-refractivity contribution in [2.24, 2.45) is 0 Å². The predicted octanol–water partition coefficient (Wildman–Crippen LogP) is 2.77. The van der Waals surface area contributed by atoms with E-state index in [-0.39, 0.29) is 12.4 Å². The fourth-order valence-corrected chi connectivity index (χ4v) is 1.71. The van der Waals surface area contributed by atoms with Crippen molar-refractivity contribution < 1.29 is 23.5 Å². The summed E-state index contributed by atoms with van der Waals surface area (Å²) in [4.78, 5) is 21.9. The molecule has 2 rings (SSSR count). The van der Waals surface area contributed by atoms with E-state index in [0.29, 0.717) is 22.6 Å². The van der Waals surface area contributed by atoms with Gasteiger partial charge in [-0.2, -0.15) is 0 Å². The number of esters is 1. The maximum atomic E-state index is 11.4. The van der Waals surface area contributed by atoms with Crippen LogP contribution in [-0.2, 0) is 11.3 Å². The van der Waals surface area contributed by atoms with E-state index in [4.69, 9.17) is 9.15 Å². The first-order chi connectivity index (χ1) is 9.63. The molecule has 0 spiro atoms. The summed E-state index contributed by atoms with van der Waals surface area (Å²) in [5, 5.41) is 0. The highest BCUT2D eigenvalue weighted by molar-refractivity contribution is 5.87. The van der Waals surface area contributed by atoms with Crippen LogP contribution in [0.2, 0.25) is 0 Å². The Morgan fingerprint density at radius 3 is 2.60 bits per heavy atom. The average molecular weight is 274 g/mol. The molecule has 2 aromatic rings. The van der Waals surface area contributed by atoms with E-state index in [1.165, 1.54) is 7.11 Å². The number of furan rings is 1. The molecule has 0 saturated carbocycles. The molecule has 0 amide bonds. The molecule has 20 heavy (non-hydrogen) atoms. The summed E-state index contributed by atoms with van der Waals surface area (Å²) in [6.07, 6.45) is 0.766. The van der Waals surface area contributed by atoms with Gasteiger partial charge in [-0.1, -0.05) is 0 Å². The Hall–Kier alpha value is -2.56. The van der Waals surface area contributed by atoms with Crippen LogP contribution in [0.25, 0.3) is 0 Å². The molecule has 1 heterocycles. The number of carbonyl (C=O) groups excluding carboxylic acids is 2. The van der Waals surface area contributed by atoms with E-state index in [2.05, 4.69) is 4.74 Å². The lowest BCUT2D eigenvalue weighted by atomic mass is 10.2. The van der Waals surface area contributed by atoms with Gasteiger partial charge in [0.05, 0.1) is 7.11 Å². The fraction of sp³-hybridized carbons (Fsp3) is 0.200. The standard InChI is InChI=1S/C15H14O5/c1-10-7-13(20-14(10)15(17)18-2)9-19-12-5-3-11(8-16)4-6-12/h3-8H,9H2,1-2H3. The van der Waals surface area contributed by atoms with Gasteiger partial charge in [0, 0.05) is 11.1 Å². The van der Waals surface area contributed by atoms with Gasteiger partial charge in [0.1, 0.15) is 24.4 Å². The highest BCUT2D eigenvalue weighted by atomic mass is 16.5. The molecule has 0 atom stereocenters. The minimum Gasteiger partial charge on any atom is -0.486 e. The first-order valence-electron chi connectivity index (χ1n) is 5.99. The molecule has 0 unspecified atom stereocenters. The maximum absolute atomic E-state index is 11.4. The number of ether oxygens (including phenoxy) is 2. The Morgan fingerprint density at radius 1 is 1.30 bits per heavy atom. The predicted molar refractivity (Wildman–Crippen MR) is 70.9 cm³/mol. The van der Waals surface area contributed by atoms with Crippen LogP contribution >= 0.6 is 0 Å². The van der Waals surface area contributed by atoms with Crippen LogP contribution < -0.4 is 4.74 Å². The first kappa shape index (κ1) is 13.9. The van der Waals surface area contributed by atoms with Gasteiger partial charge in [0.2, 0.25) is 5.76 Å². The van der Waals surface area contributed by atoms with E-state index in [1.54, 1.807) is 37.3 Å². The normalized spacial score (nSPS) is 10.1. The number of benzene rings is 1. The highest BCUT2D eigenvalue weighted by Gasteiger charge is 2.16. The van der Waals surface area contributed by atoms with Gasteiger partial charge in [-0.15, -0.1) is 0 Å². The minimum atomic E-state index is -0.510. The number of aryl methyl sites for hydroxylation is 1. The monoisotopic (exact) mass is 274 g/mol. The Labute approximate surface area is 116 Å². The van der Waals surface area contributed by atoms with Crippen LogP contribution in [0.15, 0.2) is 34.7 Å². The Bertz CT molecular complexity index is 610. The molecule has 0 bridgehead atoms. The summed E-state index contributed by atoms with van der Waals surface area (Å²) in [5.74, 6) is 0.818. The minimum absolute atomic E-state index is 0.183. The third-order valence-corrected chi connectivity index (χ3v) is 2.74. The molecule has 0 N–H and O–H groups in total. The van der Waals surface area contributed by atoms with E-state index >= 15 is 0 Å². The molecule has 5 nitrogen and oxygen atoms in total. The third kappa shape index (κ3) is 3.06. The van der Waals surface area contributed by atoms with Crippen molar-refractivity contribution in [3.05, 3.63) is 53.0 Å².